The molecular formula is C14H15N3O2S. The highest BCUT2D eigenvalue weighted by molar-refractivity contribution is 7.09. The summed E-state index contributed by atoms with van der Waals surface area (Å²) in [4.78, 5) is 9.56. The molecule has 0 amide bonds. The van der Waals surface area contributed by atoms with Gasteiger partial charge in [-0.15, -0.1) is 11.3 Å². The lowest BCUT2D eigenvalue weighted by molar-refractivity contribution is 0.297. The van der Waals surface area contributed by atoms with Crippen LogP contribution < -0.4 is 9.47 Å². The van der Waals surface area contributed by atoms with Gasteiger partial charge in [0, 0.05) is 17.4 Å². The number of pyridine rings is 1. The van der Waals surface area contributed by atoms with Gasteiger partial charge in [-0.05, 0) is 6.92 Å². The summed E-state index contributed by atoms with van der Waals surface area (Å²) < 4.78 is 11.0. The van der Waals surface area contributed by atoms with Crippen molar-refractivity contribution < 1.29 is 9.47 Å². The number of aromatic nitrogens is 2. The third kappa shape index (κ3) is 3.45. The Bertz CT molecular complexity index is 619. The maximum absolute atomic E-state index is 8.70. The van der Waals surface area contributed by atoms with Crippen molar-refractivity contribution in [2.75, 3.05) is 13.7 Å². The van der Waals surface area contributed by atoms with Crippen LogP contribution in [0.1, 0.15) is 16.3 Å². The lowest BCUT2D eigenvalue weighted by atomic mass is 10.2. The van der Waals surface area contributed by atoms with Crippen molar-refractivity contribution in [3.05, 3.63) is 34.0 Å². The van der Waals surface area contributed by atoms with Crippen molar-refractivity contribution >= 4 is 11.3 Å². The minimum Gasteiger partial charge on any atom is -0.491 e. The van der Waals surface area contributed by atoms with E-state index in [2.05, 4.69) is 16.0 Å². The van der Waals surface area contributed by atoms with E-state index in [9.17, 15) is 0 Å². The van der Waals surface area contributed by atoms with Crippen LogP contribution in [-0.4, -0.2) is 23.7 Å². The lowest BCUT2D eigenvalue weighted by Gasteiger charge is -2.10. The number of methoxy groups -OCH3 is 1. The first-order valence-corrected chi connectivity index (χ1v) is 7.04. The molecule has 2 heterocycles. The lowest BCUT2D eigenvalue weighted by Crippen LogP contribution is -2.04. The van der Waals surface area contributed by atoms with Crippen LogP contribution in [0.4, 0.5) is 0 Å². The molecule has 0 N–H and O–H groups in total. The second-order valence-corrected chi connectivity index (χ2v) is 5.06. The Hall–Kier alpha value is -2.13. The average Bonchev–Trinajstić information content (AvgIpc) is 2.85. The van der Waals surface area contributed by atoms with E-state index in [1.54, 1.807) is 30.7 Å². The van der Waals surface area contributed by atoms with Gasteiger partial charge in [0.15, 0.2) is 11.5 Å². The Morgan fingerprint density at radius 2 is 2.20 bits per heavy atom. The zero-order valence-corrected chi connectivity index (χ0v) is 12.2. The molecule has 0 aliphatic rings. The standard InChI is InChI=1S/C14H15N3O2S/c1-10-14(20-9-17-10)4-6-19-12-7-11(3-5-15)16-8-13(12)18-2/h7-9H,3-4,6H2,1-2H3. The largest absolute Gasteiger partial charge is 0.491 e. The van der Waals surface area contributed by atoms with Crippen molar-refractivity contribution in [3.63, 3.8) is 0 Å². The number of thiazole rings is 1. The average molecular weight is 289 g/mol. The molecule has 0 saturated heterocycles. The fraction of sp³-hybridized carbons (Fsp3) is 0.357. The maximum Gasteiger partial charge on any atom is 0.179 e. The van der Waals surface area contributed by atoms with Crippen LogP contribution >= 0.6 is 11.3 Å². The molecular weight excluding hydrogens is 274 g/mol. The van der Waals surface area contributed by atoms with Crippen LogP contribution in [0.25, 0.3) is 0 Å². The zero-order chi connectivity index (χ0) is 14.4. The molecule has 0 fully saturated rings. The van der Waals surface area contributed by atoms with Gasteiger partial charge in [-0.25, -0.2) is 4.98 Å². The van der Waals surface area contributed by atoms with Crippen LogP contribution in [0.3, 0.4) is 0 Å². The molecule has 2 aromatic heterocycles. The fourth-order valence-electron chi connectivity index (χ4n) is 1.73. The molecule has 0 spiro atoms. The summed E-state index contributed by atoms with van der Waals surface area (Å²) in [6.45, 7) is 2.53. The Kier molecular flexibility index (Phi) is 4.91. The molecule has 5 nitrogen and oxygen atoms in total. The minimum absolute atomic E-state index is 0.258. The van der Waals surface area contributed by atoms with Gasteiger partial charge in [-0.3, -0.25) is 4.98 Å². The first-order chi connectivity index (χ1) is 9.74. The van der Waals surface area contributed by atoms with Gasteiger partial charge in [0.1, 0.15) is 0 Å². The molecule has 0 aliphatic heterocycles. The molecule has 104 valence electrons. The van der Waals surface area contributed by atoms with E-state index in [1.165, 1.54) is 4.88 Å². The topological polar surface area (TPSA) is 68.0 Å². The first-order valence-electron chi connectivity index (χ1n) is 6.16. The van der Waals surface area contributed by atoms with E-state index in [4.69, 9.17) is 14.7 Å². The summed E-state index contributed by atoms with van der Waals surface area (Å²) in [6, 6.07) is 3.82. The summed E-state index contributed by atoms with van der Waals surface area (Å²) in [5, 5.41) is 8.70. The predicted octanol–water partition coefficient (Wildman–Crippen LogP) is 2.54. The Labute approximate surface area is 121 Å². The summed E-state index contributed by atoms with van der Waals surface area (Å²) >= 11 is 1.63. The van der Waals surface area contributed by atoms with Gasteiger partial charge < -0.3 is 9.47 Å². The number of nitriles is 1. The van der Waals surface area contributed by atoms with E-state index in [0.717, 1.165) is 12.1 Å². The molecule has 2 aromatic rings. The Morgan fingerprint density at radius 1 is 1.35 bits per heavy atom. The van der Waals surface area contributed by atoms with E-state index in [0.29, 0.717) is 23.8 Å². The fourth-order valence-corrected chi connectivity index (χ4v) is 2.49. The summed E-state index contributed by atoms with van der Waals surface area (Å²) in [5.74, 6) is 1.20. The van der Waals surface area contributed by atoms with Gasteiger partial charge in [0.2, 0.25) is 0 Å². The van der Waals surface area contributed by atoms with Gasteiger partial charge in [-0.2, -0.15) is 5.26 Å². The number of aryl methyl sites for hydroxylation is 1. The maximum atomic E-state index is 8.70. The number of ether oxygens (including phenoxy) is 2. The smallest absolute Gasteiger partial charge is 0.179 e. The monoisotopic (exact) mass is 289 g/mol. The van der Waals surface area contributed by atoms with Crippen molar-refractivity contribution in [3.8, 4) is 17.6 Å². The van der Waals surface area contributed by atoms with Gasteiger partial charge in [0.25, 0.3) is 0 Å². The molecule has 20 heavy (non-hydrogen) atoms. The van der Waals surface area contributed by atoms with Crippen LogP contribution in [0.2, 0.25) is 0 Å². The third-order valence-electron chi connectivity index (χ3n) is 2.80. The highest BCUT2D eigenvalue weighted by Gasteiger charge is 2.08. The summed E-state index contributed by atoms with van der Waals surface area (Å²) in [6.07, 6.45) is 2.64. The van der Waals surface area contributed by atoms with Crippen molar-refractivity contribution in [1.82, 2.24) is 9.97 Å². The molecule has 0 radical (unpaired) electrons. The molecule has 0 saturated carbocycles. The molecule has 0 aromatic carbocycles. The quantitative estimate of drug-likeness (QED) is 0.817. The molecule has 0 bridgehead atoms. The zero-order valence-electron chi connectivity index (χ0n) is 11.4. The van der Waals surface area contributed by atoms with Gasteiger partial charge in [-0.1, -0.05) is 0 Å². The number of nitrogens with zero attached hydrogens (tertiary/aromatic N) is 3. The third-order valence-corrected chi connectivity index (χ3v) is 3.79. The minimum atomic E-state index is 0.258. The van der Waals surface area contributed by atoms with Crippen molar-refractivity contribution in [1.29, 1.82) is 5.26 Å². The molecule has 0 unspecified atom stereocenters. The normalized spacial score (nSPS) is 10.1. The Balaban J connectivity index is 2.02. The molecule has 0 aliphatic carbocycles. The summed E-state index contributed by atoms with van der Waals surface area (Å²) in [7, 11) is 1.57. The van der Waals surface area contributed by atoms with Crippen molar-refractivity contribution in [2.45, 2.75) is 19.8 Å². The number of hydrogen-bond donors (Lipinski definition) is 0. The first kappa shape index (κ1) is 14.3. The second kappa shape index (κ2) is 6.87. The van der Waals surface area contributed by atoms with E-state index in [1.807, 2.05) is 12.4 Å². The molecule has 0 atom stereocenters. The van der Waals surface area contributed by atoms with E-state index < -0.39 is 0 Å². The molecule has 6 heteroatoms. The van der Waals surface area contributed by atoms with Crippen LogP contribution in [0, 0.1) is 18.3 Å². The molecule has 2 rings (SSSR count). The summed E-state index contributed by atoms with van der Waals surface area (Å²) in [5.41, 5.74) is 3.56. The number of rotatable bonds is 6. The van der Waals surface area contributed by atoms with E-state index >= 15 is 0 Å². The Morgan fingerprint density at radius 3 is 2.85 bits per heavy atom. The second-order valence-electron chi connectivity index (χ2n) is 4.12. The van der Waals surface area contributed by atoms with Crippen LogP contribution in [-0.2, 0) is 12.8 Å². The highest BCUT2D eigenvalue weighted by atomic mass is 32.1. The highest BCUT2D eigenvalue weighted by Crippen LogP contribution is 2.27. The van der Waals surface area contributed by atoms with E-state index in [-0.39, 0.29) is 6.42 Å². The van der Waals surface area contributed by atoms with Gasteiger partial charge in [0.05, 0.1) is 49.3 Å². The predicted molar refractivity (Wildman–Crippen MR) is 76.2 cm³/mol. The van der Waals surface area contributed by atoms with Crippen LogP contribution in [0.5, 0.6) is 11.5 Å². The van der Waals surface area contributed by atoms with Crippen LogP contribution in [0.15, 0.2) is 17.8 Å². The van der Waals surface area contributed by atoms with Gasteiger partial charge >= 0.3 is 0 Å². The SMILES string of the molecule is COc1cnc(CC#N)cc1OCCc1scnc1C. The number of hydrogen-bond acceptors (Lipinski definition) is 6. The van der Waals surface area contributed by atoms with Crippen molar-refractivity contribution in [2.24, 2.45) is 0 Å².